The van der Waals surface area contributed by atoms with Gasteiger partial charge in [-0.3, -0.25) is 14.4 Å². The fourth-order valence-corrected chi connectivity index (χ4v) is 6.51. The van der Waals surface area contributed by atoms with E-state index < -0.39 is 47.7 Å². The van der Waals surface area contributed by atoms with Gasteiger partial charge in [0.1, 0.15) is 30.3 Å². The van der Waals surface area contributed by atoms with E-state index in [9.17, 15) is 19.2 Å². The van der Waals surface area contributed by atoms with Crippen LogP contribution in [0.25, 0.3) is 0 Å². The minimum atomic E-state index is -1.19. The van der Waals surface area contributed by atoms with Crippen molar-refractivity contribution in [3.05, 3.63) is 155 Å². The number of nitrogens with zero attached hydrogens (tertiary/aromatic N) is 2. The van der Waals surface area contributed by atoms with Crippen molar-refractivity contribution in [1.29, 1.82) is 0 Å². The Morgan fingerprint density at radius 1 is 0.778 bits per heavy atom. The maximum absolute atomic E-state index is 14.4. The van der Waals surface area contributed by atoms with E-state index in [1.54, 1.807) is 20.8 Å². The highest BCUT2D eigenvalue weighted by Gasteiger charge is 2.43. The van der Waals surface area contributed by atoms with E-state index in [2.05, 4.69) is 51.9 Å². The summed E-state index contributed by atoms with van der Waals surface area (Å²) in [4.78, 5) is 56.3. The Morgan fingerprint density at radius 3 is 1.80 bits per heavy atom. The van der Waals surface area contributed by atoms with E-state index in [-0.39, 0.29) is 26.0 Å². The first-order valence-electron chi connectivity index (χ1n) is 17.9. The minimum Gasteiger partial charge on any atom is -0.469 e. The second-order valence-corrected chi connectivity index (χ2v) is 13.9. The molecule has 0 unspecified atom stereocenters. The number of carbonyl (C=O) groups excluding carboxylic acids is 4. The zero-order valence-electron chi connectivity index (χ0n) is 31.2. The zero-order valence-corrected chi connectivity index (χ0v) is 31.2. The van der Waals surface area contributed by atoms with Gasteiger partial charge in [0.05, 0.1) is 20.2 Å². The lowest BCUT2D eigenvalue weighted by atomic mass is 9.76. The zero-order chi connectivity index (χ0) is 38.6. The van der Waals surface area contributed by atoms with Crippen molar-refractivity contribution in [1.82, 2.24) is 20.4 Å². The third-order valence-electron chi connectivity index (χ3n) is 8.89. The Morgan fingerprint density at radius 2 is 1.30 bits per heavy atom. The largest absolute Gasteiger partial charge is 0.469 e. The van der Waals surface area contributed by atoms with Gasteiger partial charge in [-0.05, 0) is 43.0 Å². The standard InChI is InChI=1S/C43H48N4O7/c1-42(2,3)54-39(49)29-46(26-25-38(48)52-4)40(50)37(45-41(51)53-30-32-17-9-5-10-18-32)27-36-28-47(31-44-36)43(33-19-11-6-12-20-33,34-21-13-7-14-22-34)35-23-15-8-16-24-35/h5-24,28,37,44H,25-27,29-31H2,1-4H3,(H,45,51)/t37-/m0/s1. The van der Waals surface area contributed by atoms with Gasteiger partial charge in [-0.1, -0.05) is 121 Å². The van der Waals surface area contributed by atoms with E-state index in [0.29, 0.717) is 12.4 Å². The molecule has 0 radical (unpaired) electrons. The van der Waals surface area contributed by atoms with Crippen molar-refractivity contribution in [2.24, 2.45) is 0 Å². The first-order valence-corrected chi connectivity index (χ1v) is 17.9. The molecular formula is C43H48N4O7. The molecule has 1 aliphatic rings. The number of ether oxygens (including phenoxy) is 3. The van der Waals surface area contributed by atoms with Crippen molar-refractivity contribution in [2.75, 3.05) is 26.9 Å². The number of hydrogen-bond acceptors (Lipinski definition) is 9. The van der Waals surface area contributed by atoms with E-state index in [1.165, 1.54) is 12.0 Å². The lowest BCUT2D eigenvalue weighted by Crippen LogP contribution is -2.51. The quantitative estimate of drug-likeness (QED) is 0.0847. The van der Waals surface area contributed by atoms with Crippen molar-refractivity contribution >= 4 is 23.9 Å². The monoisotopic (exact) mass is 732 g/mol. The fourth-order valence-electron chi connectivity index (χ4n) is 6.51. The van der Waals surface area contributed by atoms with Crippen molar-refractivity contribution in [2.45, 2.75) is 57.4 Å². The summed E-state index contributed by atoms with van der Waals surface area (Å²) in [5.41, 5.74) is 2.94. The summed E-state index contributed by atoms with van der Waals surface area (Å²) in [5, 5.41) is 6.21. The Labute approximate surface area is 316 Å². The number of hydrogen-bond donors (Lipinski definition) is 2. The van der Waals surface area contributed by atoms with Gasteiger partial charge in [0.25, 0.3) is 0 Å². The van der Waals surface area contributed by atoms with Crippen LogP contribution < -0.4 is 10.6 Å². The molecule has 2 N–H and O–H groups in total. The summed E-state index contributed by atoms with van der Waals surface area (Å²) in [6, 6.07) is 38.6. The number of alkyl carbamates (subject to hydrolysis) is 1. The Balaban J connectivity index is 1.50. The van der Waals surface area contributed by atoms with Gasteiger partial charge >= 0.3 is 18.0 Å². The second-order valence-electron chi connectivity index (χ2n) is 13.9. The maximum Gasteiger partial charge on any atom is 0.408 e. The van der Waals surface area contributed by atoms with Crippen LogP contribution in [-0.4, -0.2) is 72.2 Å². The molecule has 4 aromatic rings. The van der Waals surface area contributed by atoms with Crippen LogP contribution in [0.2, 0.25) is 0 Å². The van der Waals surface area contributed by atoms with Crippen LogP contribution in [-0.2, 0) is 40.7 Å². The predicted molar refractivity (Wildman–Crippen MR) is 204 cm³/mol. The summed E-state index contributed by atoms with van der Waals surface area (Å²) in [6.07, 6.45) is 1.01. The molecule has 2 amide bonds. The highest BCUT2D eigenvalue weighted by Crippen LogP contribution is 2.43. The minimum absolute atomic E-state index is 0.0139. The maximum atomic E-state index is 14.4. The molecule has 0 saturated heterocycles. The third-order valence-corrected chi connectivity index (χ3v) is 8.89. The summed E-state index contributed by atoms with van der Waals surface area (Å²) in [5.74, 6) is -1.81. The molecule has 1 heterocycles. The first-order chi connectivity index (χ1) is 26.0. The molecular weight excluding hydrogens is 684 g/mol. The average Bonchev–Trinajstić information content (AvgIpc) is 3.64. The number of nitrogens with one attached hydrogen (secondary N) is 2. The molecule has 1 atom stereocenters. The molecule has 4 aromatic carbocycles. The summed E-state index contributed by atoms with van der Waals surface area (Å²) < 4.78 is 15.9. The molecule has 0 saturated carbocycles. The van der Waals surface area contributed by atoms with Crippen LogP contribution in [0.15, 0.2) is 133 Å². The van der Waals surface area contributed by atoms with E-state index in [4.69, 9.17) is 14.2 Å². The molecule has 54 heavy (non-hydrogen) atoms. The lowest BCUT2D eigenvalue weighted by Gasteiger charge is -2.43. The molecule has 0 aliphatic carbocycles. The average molecular weight is 733 g/mol. The molecule has 11 heteroatoms. The van der Waals surface area contributed by atoms with Crippen LogP contribution in [0.1, 0.15) is 55.9 Å². The van der Waals surface area contributed by atoms with Crippen molar-refractivity contribution in [3.63, 3.8) is 0 Å². The van der Waals surface area contributed by atoms with Gasteiger partial charge in [-0.25, -0.2) is 4.79 Å². The van der Waals surface area contributed by atoms with Gasteiger partial charge in [0, 0.05) is 24.9 Å². The Hall–Kier alpha value is -6.10. The summed E-state index contributed by atoms with van der Waals surface area (Å²) in [6.45, 7) is 4.95. The third kappa shape index (κ3) is 10.1. The molecule has 0 aromatic heterocycles. The summed E-state index contributed by atoms with van der Waals surface area (Å²) in [7, 11) is 1.25. The predicted octanol–water partition coefficient (Wildman–Crippen LogP) is 6.10. The number of amides is 2. The fraction of sp³-hybridized carbons (Fsp3) is 0.302. The highest BCUT2D eigenvalue weighted by atomic mass is 16.6. The number of carbonyl (C=O) groups is 4. The SMILES string of the molecule is COC(=O)CCN(CC(=O)OC(C)(C)C)C(=O)[C@H](CC1=CN(C(c2ccccc2)(c2ccccc2)c2ccccc2)CN1)NC(=O)OCc1ccccc1. The van der Waals surface area contributed by atoms with Crippen LogP contribution in [0, 0.1) is 0 Å². The van der Waals surface area contributed by atoms with Crippen LogP contribution in [0.5, 0.6) is 0 Å². The van der Waals surface area contributed by atoms with Gasteiger partial charge in [-0.15, -0.1) is 0 Å². The molecule has 11 nitrogen and oxygen atoms in total. The van der Waals surface area contributed by atoms with Gasteiger partial charge in [-0.2, -0.15) is 0 Å². The Kier molecular flexibility index (Phi) is 13.1. The topological polar surface area (TPSA) is 127 Å². The molecule has 5 rings (SSSR count). The Bertz CT molecular complexity index is 1780. The lowest BCUT2D eigenvalue weighted by molar-refractivity contribution is -0.159. The number of benzene rings is 4. The molecule has 0 spiro atoms. The van der Waals surface area contributed by atoms with Crippen molar-refractivity contribution in [3.8, 4) is 0 Å². The van der Waals surface area contributed by atoms with E-state index >= 15 is 0 Å². The second kappa shape index (κ2) is 18.1. The smallest absolute Gasteiger partial charge is 0.408 e. The van der Waals surface area contributed by atoms with E-state index in [1.807, 2.05) is 91.1 Å². The van der Waals surface area contributed by atoms with Crippen molar-refractivity contribution < 1.29 is 33.4 Å². The van der Waals surface area contributed by atoms with Gasteiger partial charge in [0.15, 0.2) is 0 Å². The van der Waals surface area contributed by atoms with Gasteiger partial charge < -0.3 is 34.6 Å². The molecule has 0 bridgehead atoms. The van der Waals surface area contributed by atoms with Crippen LogP contribution in [0.3, 0.4) is 0 Å². The highest BCUT2D eigenvalue weighted by molar-refractivity contribution is 5.89. The molecule has 282 valence electrons. The number of methoxy groups -OCH3 is 1. The molecule has 0 fully saturated rings. The first kappa shape index (κ1) is 39.1. The summed E-state index contributed by atoms with van der Waals surface area (Å²) >= 11 is 0. The van der Waals surface area contributed by atoms with Crippen LogP contribution >= 0.6 is 0 Å². The number of esters is 2. The van der Waals surface area contributed by atoms with Crippen LogP contribution in [0.4, 0.5) is 4.79 Å². The number of rotatable bonds is 15. The van der Waals surface area contributed by atoms with E-state index in [0.717, 1.165) is 22.3 Å². The normalized spacial score (nSPS) is 13.2. The molecule has 1 aliphatic heterocycles. The van der Waals surface area contributed by atoms with Gasteiger partial charge in [0.2, 0.25) is 5.91 Å².